The molecule has 23 heavy (non-hydrogen) atoms. The number of rotatable bonds is 9. The minimum atomic E-state index is -1.97. The van der Waals surface area contributed by atoms with Gasteiger partial charge in [-0.05, 0) is 18.1 Å². The SMILES string of the molecule is COCOC1C(=O)N(COC)[C@H]1[C@H](O)CO[Si](C)(C)C(C)(C)C. The van der Waals surface area contributed by atoms with E-state index in [0.717, 1.165) is 0 Å². The van der Waals surface area contributed by atoms with Crippen LogP contribution >= 0.6 is 0 Å². The monoisotopic (exact) mass is 349 g/mol. The van der Waals surface area contributed by atoms with Gasteiger partial charge in [0.05, 0.1) is 18.8 Å². The molecule has 0 aromatic heterocycles. The van der Waals surface area contributed by atoms with Crippen LogP contribution < -0.4 is 0 Å². The van der Waals surface area contributed by atoms with Crippen LogP contribution in [0, 0.1) is 0 Å². The van der Waals surface area contributed by atoms with Crippen molar-refractivity contribution in [2.75, 3.05) is 34.4 Å². The Bertz CT molecular complexity index is 398. The molecular formula is C15H31NO6Si. The molecule has 1 rings (SSSR count). The summed E-state index contributed by atoms with van der Waals surface area (Å²) >= 11 is 0. The quantitative estimate of drug-likeness (QED) is 0.382. The van der Waals surface area contributed by atoms with Gasteiger partial charge >= 0.3 is 0 Å². The van der Waals surface area contributed by atoms with Gasteiger partial charge in [0.25, 0.3) is 5.91 Å². The molecule has 7 nitrogen and oxygen atoms in total. The average molecular weight is 350 g/mol. The summed E-state index contributed by atoms with van der Waals surface area (Å²) in [5.41, 5.74) is 0. The predicted molar refractivity (Wildman–Crippen MR) is 88.4 cm³/mol. The molecule has 0 aliphatic carbocycles. The lowest BCUT2D eigenvalue weighted by Gasteiger charge is -2.48. The Morgan fingerprint density at radius 2 is 1.87 bits per heavy atom. The zero-order valence-corrected chi connectivity index (χ0v) is 16.3. The van der Waals surface area contributed by atoms with E-state index in [1.165, 1.54) is 19.1 Å². The molecule has 0 spiro atoms. The van der Waals surface area contributed by atoms with Gasteiger partial charge in [0.2, 0.25) is 0 Å². The van der Waals surface area contributed by atoms with E-state index in [2.05, 4.69) is 33.9 Å². The molecule has 1 unspecified atom stereocenters. The molecule has 0 bridgehead atoms. The molecule has 8 heteroatoms. The average Bonchev–Trinajstić information content (AvgIpc) is 2.45. The molecule has 0 aromatic rings. The van der Waals surface area contributed by atoms with Crippen LogP contribution in [0.2, 0.25) is 18.1 Å². The van der Waals surface area contributed by atoms with Gasteiger partial charge in [-0.3, -0.25) is 4.79 Å². The van der Waals surface area contributed by atoms with Gasteiger partial charge < -0.3 is 28.6 Å². The van der Waals surface area contributed by atoms with Gasteiger partial charge in [-0.2, -0.15) is 0 Å². The first-order valence-corrected chi connectivity index (χ1v) is 10.7. The summed E-state index contributed by atoms with van der Waals surface area (Å²) in [5.74, 6) is -0.208. The molecule has 0 saturated carbocycles. The van der Waals surface area contributed by atoms with Crippen LogP contribution in [-0.2, 0) is 23.4 Å². The number of methoxy groups -OCH3 is 2. The molecule has 1 saturated heterocycles. The van der Waals surface area contributed by atoms with Crippen molar-refractivity contribution in [3.05, 3.63) is 0 Å². The molecule has 1 fully saturated rings. The number of hydrogen-bond donors (Lipinski definition) is 1. The summed E-state index contributed by atoms with van der Waals surface area (Å²) in [6.45, 7) is 11.0. The van der Waals surface area contributed by atoms with Crippen molar-refractivity contribution in [3.63, 3.8) is 0 Å². The number of carbonyl (C=O) groups is 1. The Morgan fingerprint density at radius 3 is 2.35 bits per heavy atom. The van der Waals surface area contributed by atoms with Crippen molar-refractivity contribution in [2.24, 2.45) is 0 Å². The maximum Gasteiger partial charge on any atom is 0.256 e. The van der Waals surface area contributed by atoms with E-state index in [9.17, 15) is 9.90 Å². The first-order valence-electron chi connectivity index (χ1n) is 7.78. The largest absolute Gasteiger partial charge is 0.414 e. The molecular weight excluding hydrogens is 318 g/mol. The second-order valence-corrected chi connectivity index (χ2v) is 12.2. The fourth-order valence-electron chi connectivity index (χ4n) is 2.16. The number of likely N-dealkylation sites (tertiary alicyclic amines) is 1. The molecule has 1 amide bonds. The number of ether oxygens (including phenoxy) is 3. The van der Waals surface area contributed by atoms with Crippen LogP contribution in [0.5, 0.6) is 0 Å². The minimum absolute atomic E-state index is 0.00351. The van der Waals surface area contributed by atoms with Gasteiger partial charge in [0.1, 0.15) is 13.5 Å². The first-order chi connectivity index (χ1) is 10.6. The zero-order chi connectivity index (χ0) is 17.8. The van der Waals surface area contributed by atoms with Crippen LogP contribution in [0.1, 0.15) is 20.8 Å². The van der Waals surface area contributed by atoms with Crippen LogP contribution in [0.15, 0.2) is 0 Å². The fraction of sp³-hybridized carbons (Fsp3) is 0.933. The molecule has 1 heterocycles. The molecule has 0 radical (unpaired) electrons. The lowest BCUT2D eigenvalue weighted by atomic mass is 9.93. The normalized spacial score (nSPS) is 23.8. The summed E-state index contributed by atoms with van der Waals surface area (Å²) in [6, 6.07) is -0.484. The zero-order valence-electron chi connectivity index (χ0n) is 15.3. The summed E-state index contributed by atoms with van der Waals surface area (Å²) in [5, 5.41) is 10.6. The number of nitrogens with zero attached hydrogens (tertiary/aromatic N) is 1. The number of amides is 1. The van der Waals surface area contributed by atoms with Gasteiger partial charge in [-0.1, -0.05) is 20.8 Å². The number of carbonyl (C=O) groups excluding carboxylic acids is 1. The summed E-state index contributed by atoms with van der Waals surface area (Å²) in [4.78, 5) is 13.5. The smallest absolute Gasteiger partial charge is 0.256 e. The molecule has 1 aliphatic heterocycles. The van der Waals surface area contributed by atoms with Crippen molar-refractivity contribution in [1.29, 1.82) is 0 Å². The standard InChI is InChI=1S/C15H31NO6Si/c1-15(2,3)23(6,7)22-8-11(17)12-13(21-10-20-5)14(18)16(12)9-19-4/h11-13,17H,8-10H2,1-7H3/t11-,12+,13?/m1/s1. The number of hydrogen-bond acceptors (Lipinski definition) is 6. The second-order valence-electron chi connectivity index (χ2n) is 7.35. The van der Waals surface area contributed by atoms with Crippen molar-refractivity contribution < 1.29 is 28.5 Å². The van der Waals surface area contributed by atoms with E-state index in [1.54, 1.807) is 0 Å². The molecule has 1 aliphatic rings. The van der Waals surface area contributed by atoms with Gasteiger partial charge in [0, 0.05) is 14.2 Å². The van der Waals surface area contributed by atoms with Gasteiger partial charge in [0.15, 0.2) is 14.4 Å². The van der Waals surface area contributed by atoms with Crippen molar-refractivity contribution in [2.45, 2.75) is 57.2 Å². The Balaban J connectivity index is 2.69. The second kappa shape index (κ2) is 8.04. The summed E-state index contributed by atoms with van der Waals surface area (Å²) in [7, 11) is 1.03. The number of aliphatic hydroxyl groups is 1. The molecule has 136 valence electrons. The first kappa shape index (κ1) is 20.5. The molecule has 3 atom stereocenters. The molecule has 0 aromatic carbocycles. The third kappa shape index (κ3) is 4.74. The van der Waals surface area contributed by atoms with Gasteiger partial charge in [-0.25, -0.2) is 0 Å². The van der Waals surface area contributed by atoms with Crippen molar-refractivity contribution in [1.82, 2.24) is 4.90 Å². The lowest BCUT2D eigenvalue weighted by molar-refractivity contribution is -0.210. The number of β-lactam (4-membered cyclic amide) rings is 1. The maximum atomic E-state index is 12.1. The lowest BCUT2D eigenvalue weighted by Crippen LogP contribution is -2.71. The van der Waals surface area contributed by atoms with E-state index in [4.69, 9.17) is 18.6 Å². The Kier molecular flexibility index (Phi) is 7.18. The summed E-state index contributed by atoms with van der Waals surface area (Å²) < 4.78 is 21.3. The van der Waals surface area contributed by atoms with Crippen molar-refractivity contribution in [3.8, 4) is 0 Å². The predicted octanol–water partition coefficient (Wildman–Crippen LogP) is 1.17. The van der Waals surface area contributed by atoms with E-state index in [0.29, 0.717) is 0 Å². The van der Waals surface area contributed by atoms with E-state index >= 15 is 0 Å². The Labute approximate surface area is 140 Å². The van der Waals surface area contributed by atoms with Crippen LogP contribution in [0.25, 0.3) is 0 Å². The topological polar surface area (TPSA) is 77.5 Å². The van der Waals surface area contributed by atoms with E-state index in [1.807, 2.05) is 0 Å². The fourth-order valence-corrected chi connectivity index (χ4v) is 3.18. The van der Waals surface area contributed by atoms with Crippen LogP contribution in [-0.4, -0.2) is 76.8 Å². The highest BCUT2D eigenvalue weighted by molar-refractivity contribution is 6.74. The Hall–Kier alpha value is -0.513. The third-order valence-corrected chi connectivity index (χ3v) is 9.15. The van der Waals surface area contributed by atoms with Crippen molar-refractivity contribution >= 4 is 14.2 Å². The van der Waals surface area contributed by atoms with Crippen LogP contribution in [0.4, 0.5) is 0 Å². The summed E-state index contributed by atoms with van der Waals surface area (Å²) in [6.07, 6.45) is -1.55. The third-order valence-electron chi connectivity index (χ3n) is 4.65. The Morgan fingerprint density at radius 1 is 1.26 bits per heavy atom. The van der Waals surface area contributed by atoms with E-state index in [-0.39, 0.29) is 31.1 Å². The highest BCUT2D eigenvalue weighted by Crippen LogP contribution is 2.37. The highest BCUT2D eigenvalue weighted by atomic mass is 28.4. The van der Waals surface area contributed by atoms with Crippen LogP contribution in [0.3, 0.4) is 0 Å². The molecule has 1 N–H and O–H groups in total. The maximum absolute atomic E-state index is 12.1. The highest BCUT2D eigenvalue weighted by Gasteiger charge is 2.52. The minimum Gasteiger partial charge on any atom is -0.414 e. The number of aliphatic hydroxyl groups excluding tert-OH is 1. The van der Waals surface area contributed by atoms with Gasteiger partial charge in [-0.15, -0.1) is 0 Å². The van der Waals surface area contributed by atoms with E-state index < -0.39 is 26.6 Å².